The van der Waals surface area contributed by atoms with Crippen LogP contribution in [0.15, 0.2) is 73.1 Å². The second-order valence-electron chi connectivity index (χ2n) is 6.26. The molecule has 0 saturated heterocycles. The number of nitrogens with zero attached hydrogens (tertiary/aromatic N) is 3. The van der Waals surface area contributed by atoms with Gasteiger partial charge in [-0.3, -0.25) is 4.79 Å². The van der Waals surface area contributed by atoms with Gasteiger partial charge in [0.05, 0.1) is 29.0 Å². The molecule has 1 atom stereocenters. The summed E-state index contributed by atoms with van der Waals surface area (Å²) in [4.78, 5) is 20.0. The van der Waals surface area contributed by atoms with Crippen molar-refractivity contribution < 1.29 is 4.79 Å². The summed E-state index contributed by atoms with van der Waals surface area (Å²) in [6, 6.07) is 17.4. The lowest BCUT2D eigenvalue weighted by atomic mass is 10.3. The van der Waals surface area contributed by atoms with Crippen LogP contribution in [0, 0.1) is 0 Å². The zero-order valence-electron chi connectivity index (χ0n) is 14.8. The molecule has 4 rings (SSSR count). The number of hydrogen-bond acceptors (Lipinski definition) is 3. The van der Waals surface area contributed by atoms with E-state index in [9.17, 15) is 4.79 Å². The Morgan fingerprint density at radius 3 is 2.74 bits per heavy atom. The number of aromatic amines is 1. The van der Waals surface area contributed by atoms with Crippen LogP contribution in [-0.4, -0.2) is 25.7 Å². The van der Waals surface area contributed by atoms with Gasteiger partial charge in [-0.05, 0) is 37.3 Å². The fraction of sp³-hybridized carbons (Fsp3) is 0.0952. The fourth-order valence-electron chi connectivity index (χ4n) is 2.82. The predicted molar refractivity (Wildman–Crippen MR) is 105 cm³/mol. The van der Waals surface area contributed by atoms with Crippen LogP contribution in [0.25, 0.3) is 22.8 Å². The van der Waals surface area contributed by atoms with Crippen molar-refractivity contribution in [3.63, 3.8) is 0 Å². The van der Waals surface area contributed by atoms with E-state index < -0.39 is 0 Å². The number of amides is 1. The van der Waals surface area contributed by atoms with E-state index in [1.807, 2.05) is 67.7 Å². The molecule has 1 unspecified atom stereocenters. The Morgan fingerprint density at radius 1 is 1.15 bits per heavy atom. The Bertz CT molecular complexity index is 1060. The third kappa shape index (κ3) is 3.79. The summed E-state index contributed by atoms with van der Waals surface area (Å²) < 4.78 is 1.77. The highest BCUT2D eigenvalue weighted by Gasteiger charge is 2.12. The molecule has 0 bridgehead atoms. The highest BCUT2D eigenvalue weighted by Crippen LogP contribution is 2.15. The van der Waals surface area contributed by atoms with Gasteiger partial charge in [-0.25, -0.2) is 9.67 Å². The molecule has 6 nitrogen and oxygen atoms in total. The SMILES string of the molecule is CC(NC(=O)/C=C/c1cnn(-c2ccccc2)c1)c1nc2ccccc2[nH]1. The van der Waals surface area contributed by atoms with Crippen LogP contribution in [0.3, 0.4) is 0 Å². The minimum Gasteiger partial charge on any atom is -0.343 e. The van der Waals surface area contributed by atoms with Gasteiger partial charge in [-0.15, -0.1) is 0 Å². The van der Waals surface area contributed by atoms with Gasteiger partial charge in [0.25, 0.3) is 0 Å². The number of carbonyl (C=O) groups excluding carboxylic acids is 1. The summed E-state index contributed by atoms with van der Waals surface area (Å²) in [6.07, 6.45) is 6.85. The number of H-pyrrole nitrogens is 1. The van der Waals surface area contributed by atoms with Crippen LogP contribution in [0.1, 0.15) is 24.4 Å². The molecule has 0 saturated carbocycles. The Labute approximate surface area is 156 Å². The summed E-state index contributed by atoms with van der Waals surface area (Å²) in [6.45, 7) is 1.90. The van der Waals surface area contributed by atoms with Crippen LogP contribution >= 0.6 is 0 Å². The monoisotopic (exact) mass is 357 g/mol. The van der Waals surface area contributed by atoms with Crippen LogP contribution in [0.5, 0.6) is 0 Å². The number of fused-ring (bicyclic) bond motifs is 1. The summed E-state index contributed by atoms with van der Waals surface area (Å²) in [5.41, 5.74) is 3.67. The third-order valence-corrected chi connectivity index (χ3v) is 4.23. The summed E-state index contributed by atoms with van der Waals surface area (Å²) in [5, 5.41) is 7.24. The van der Waals surface area contributed by atoms with Crippen molar-refractivity contribution in [1.29, 1.82) is 0 Å². The van der Waals surface area contributed by atoms with E-state index in [1.54, 1.807) is 17.0 Å². The molecule has 0 radical (unpaired) electrons. The Morgan fingerprint density at radius 2 is 1.93 bits per heavy atom. The van der Waals surface area contributed by atoms with E-state index in [4.69, 9.17) is 0 Å². The van der Waals surface area contributed by atoms with Crippen LogP contribution < -0.4 is 5.32 Å². The largest absolute Gasteiger partial charge is 0.343 e. The maximum absolute atomic E-state index is 12.2. The zero-order valence-corrected chi connectivity index (χ0v) is 14.8. The number of para-hydroxylation sites is 3. The molecule has 0 aliphatic rings. The van der Waals surface area contributed by atoms with Gasteiger partial charge in [-0.2, -0.15) is 5.10 Å². The lowest BCUT2D eigenvalue weighted by molar-refractivity contribution is -0.117. The van der Waals surface area contributed by atoms with E-state index >= 15 is 0 Å². The number of aromatic nitrogens is 4. The van der Waals surface area contributed by atoms with Gasteiger partial charge >= 0.3 is 0 Å². The second kappa shape index (κ2) is 7.29. The van der Waals surface area contributed by atoms with Crippen molar-refractivity contribution in [3.05, 3.63) is 84.5 Å². The van der Waals surface area contributed by atoms with Gasteiger partial charge in [0.2, 0.25) is 5.91 Å². The quantitative estimate of drug-likeness (QED) is 0.536. The standard InChI is InChI=1S/C21H19N5O/c1-15(21-24-18-9-5-6-10-19(18)25-21)23-20(27)12-11-16-13-22-26(14-16)17-7-3-2-4-8-17/h2-15H,1H3,(H,23,27)(H,24,25)/b12-11+. The Kier molecular flexibility index (Phi) is 4.53. The number of rotatable bonds is 5. The summed E-state index contributed by atoms with van der Waals surface area (Å²) in [7, 11) is 0. The molecule has 4 aromatic rings. The molecular weight excluding hydrogens is 338 g/mol. The molecule has 134 valence electrons. The lowest BCUT2D eigenvalue weighted by Crippen LogP contribution is -2.25. The van der Waals surface area contributed by atoms with Gasteiger partial charge in [0, 0.05) is 17.8 Å². The van der Waals surface area contributed by atoms with Crippen LogP contribution in [0.4, 0.5) is 0 Å². The Hall–Kier alpha value is -3.67. The first kappa shape index (κ1) is 16.8. The first-order valence-corrected chi connectivity index (χ1v) is 8.72. The third-order valence-electron chi connectivity index (χ3n) is 4.23. The zero-order chi connectivity index (χ0) is 18.6. The van der Waals surface area contributed by atoms with Crippen molar-refractivity contribution >= 4 is 23.0 Å². The maximum Gasteiger partial charge on any atom is 0.244 e. The minimum absolute atomic E-state index is 0.185. The van der Waals surface area contributed by atoms with Gasteiger partial charge in [0.15, 0.2) is 0 Å². The molecular formula is C21H19N5O. The number of benzene rings is 2. The summed E-state index contributed by atoms with van der Waals surface area (Å²) in [5.74, 6) is 0.547. The molecule has 6 heteroatoms. The van der Waals surface area contributed by atoms with Gasteiger partial charge in [0.1, 0.15) is 5.82 Å². The van der Waals surface area contributed by atoms with Crippen molar-refractivity contribution in [3.8, 4) is 5.69 Å². The molecule has 2 aromatic heterocycles. The number of imidazole rings is 1. The molecule has 2 heterocycles. The highest BCUT2D eigenvalue weighted by atomic mass is 16.1. The predicted octanol–water partition coefficient (Wildman–Crippen LogP) is 3.64. The molecule has 2 aromatic carbocycles. The van der Waals surface area contributed by atoms with E-state index in [1.165, 1.54) is 6.08 Å². The van der Waals surface area contributed by atoms with Crippen molar-refractivity contribution in [2.45, 2.75) is 13.0 Å². The number of carbonyl (C=O) groups is 1. The molecule has 0 fully saturated rings. The molecule has 0 aliphatic heterocycles. The minimum atomic E-state index is -0.221. The molecule has 0 spiro atoms. The van der Waals surface area contributed by atoms with Crippen molar-refractivity contribution in [2.75, 3.05) is 0 Å². The van der Waals surface area contributed by atoms with Crippen molar-refractivity contribution in [1.82, 2.24) is 25.1 Å². The highest BCUT2D eigenvalue weighted by molar-refractivity contribution is 5.91. The topological polar surface area (TPSA) is 75.6 Å². The molecule has 2 N–H and O–H groups in total. The van der Waals surface area contributed by atoms with Gasteiger partial charge < -0.3 is 10.3 Å². The molecule has 1 amide bonds. The second-order valence-corrected chi connectivity index (χ2v) is 6.26. The van der Waals surface area contributed by atoms with Crippen LogP contribution in [-0.2, 0) is 4.79 Å². The fourth-order valence-corrected chi connectivity index (χ4v) is 2.82. The van der Waals surface area contributed by atoms with E-state index in [0.29, 0.717) is 0 Å². The lowest BCUT2D eigenvalue weighted by Gasteiger charge is -2.08. The van der Waals surface area contributed by atoms with Gasteiger partial charge in [-0.1, -0.05) is 30.3 Å². The summed E-state index contributed by atoms with van der Waals surface area (Å²) >= 11 is 0. The average Bonchev–Trinajstić information content (AvgIpc) is 3.34. The van der Waals surface area contributed by atoms with E-state index in [0.717, 1.165) is 28.1 Å². The van der Waals surface area contributed by atoms with Crippen molar-refractivity contribution in [2.24, 2.45) is 0 Å². The average molecular weight is 357 g/mol. The number of nitrogens with one attached hydrogen (secondary N) is 2. The molecule has 27 heavy (non-hydrogen) atoms. The van der Waals surface area contributed by atoms with E-state index in [-0.39, 0.29) is 11.9 Å². The maximum atomic E-state index is 12.2. The normalized spacial score (nSPS) is 12.5. The Balaban J connectivity index is 1.41. The van der Waals surface area contributed by atoms with Crippen LogP contribution in [0.2, 0.25) is 0 Å². The first-order chi connectivity index (χ1) is 13.2. The smallest absolute Gasteiger partial charge is 0.244 e. The first-order valence-electron chi connectivity index (χ1n) is 8.72. The molecule has 0 aliphatic carbocycles. The van der Waals surface area contributed by atoms with E-state index in [2.05, 4.69) is 20.4 Å². The number of hydrogen-bond donors (Lipinski definition) is 2.